The van der Waals surface area contributed by atoms with Crippen LogP contribution in [0.1, 0.15) is 12.0 Å². The highest BCUT2D eigenvalue weighted by molar-refractivity contribution is 9.11. The van der Waals surface area contributed by atoms with Gasteiger partial charge >= 0.3 is 0 Å². The van der Waals surface area contributed by atoms with E-state index in [2.05, 4.69) is 21.2 Å². The number of aliphatic hydroxyl groups excluding tert-OH is 1. The summed E-state index contributed by atoms with van der Waals surface area (Å²) >= 11 is 5.02. The van der Waals surface area contributed by atoms with E-state index in [4.69, 9.17) is 0 Å². The molecule has 0 aliphatic carbocycles. The Morgan fingerprint density at radius 2 is 2.53 bits per heavy atom. The number of amides is 1. The number of nitrogens with one attached hydrogen (secondary N) is 1. The normalized spacial score (nSPS) is 23.9. The Balaban J connectivity index is 1.91. The second-order valence-corrected chi connectivity index (χ2v) is 6.59. The average molecular weight is 319 g/mol. The lowest BCUT2D eigenvalue weighted by molar-refractivity contribution is -0.132. The molecule has 4 nitrogen and oxygen atoms in total. The summed E-state index contributed by atoms with van der Waals surface area (Å²) in [4.78, 5) is 13.7. The quantitative estimate of drug-likeness (QED) is 0.880. The molecule has 17 heavy (non-hydrogen) atoms. The second-order valence-electron chi connectivity index (χ2n) is 4.30. The van der Waals surface area contributed by atoms with Crippen LogP contribution in [0.25, 0.3) is 0 Å². The molecule has 0 bridgehead atoms. The molecule has 2 rings (SSSR count). The minimum Gasteiger partial charge on any atom is -0.392 e. The number of halogens is 1. The average Bonchev–Trinajstić information content (AvgIpc) is 2.87. The second kappa shape index (κ2) is 5.48. The van der Waals surface area contributed by atoms with Crippen LogP contribution in [0.3, 0.4) is 0 Å². The summed E-state index contributed by atoms with van der Waals surface area (Å²) in [5.74, 6) is 0.0453. The smallest absolute Gasteiger partial charge is 0.239 e. The van der Waals surface area contributed by atoms with Crippen molar-refractivity contribution >= 4 is 33.2 Å². The lowest BCUT2D eigenvalue weighted by atomic mass is 10.2. The van der Waals surface area contributed by atoms with Gasteiger partial charge in [0.15, 0.2) is 0 Å². The van der Waals surface area contributed by atoms with E-state index >= 15 is 0 Å². The maximum atomic E-state index is 12.0. The largest absolute Gasteiger partial charge is 0.392 e. The number of carbonyl (C=O) groups is 1. The first kappa shape index (κ1) is 13.0. The van der Waals surface area contributed by atoms with Crippen molar-refractivity contribution in [1.29, 1.82) is 0 Å². The van der Waals surface area contributed by atoms with Crippen molar-refractivity contribution in [1.82, 2.24) is 10.2 Å². The fourth-order valence-corrected chi connectivity index (χ4v) is 3.15. The van der Waals surface area contributed by atoms with Crippen molar-refractivity contribution in [2.24, 2.45) is 0 Å². The molecule has 1 saturated heterocycles. The molecule has 1 aromatic heterocycles. The first-order valence-electron chi connectivity index (χ1n) is 5.45. The van der Waals surface area contributed by atoms with Gasteiger partial charge in [0.05, 0.1) is 15.9 Å². The van der Waals surface area contributed by atoms with Gasteiger partial charge in [-0.05, 0) is 39.4 Å². The fraction of sp³-hybridized carbons (Fsp3) is 0.545. The van der Waals surface area contributed by atoms with E-state index in [1.807, 2.05) is 11.4 Å². The molecule has 0 unspecified atom stereocenters. The van der Waals surface area contributed by atoms with Crippen LogP contribution in [-0.2, 0) is 11.3 Å². The van der Waals surface area contributed by atoms with Gasteiger partial charge in [-0.2, -0.15) is 0 Å². The Morgan fingerprint density at radius 3 is 3.06 bits per heavy atom. The first-order valence-corrected chi connectivity index (χ1v) is 7.13. The zero-order valence-electron chi connectivity index (χ0n) is 9.52. The Kier molecular flexibility index (Phi) is 4.19. The third-order valence-electron chi connectivity index (χ3n) is 2.82. The maximum absolute atomic E-state index is 12.0. The van der Waals surface area contributed by atoms with Crippen LogP contribution in [-0.4, -0.2) is 41.7 Å². The molecule has 0 aromatic carbocycles. The van der Waals surface area contributed by atoms with Crippen LogP contribution in [0.2, 0.25) is 0 Å². The van der Waals surface area contributed by atoms with Crippen molar-refractivity contribution < 1.29 is 9.90 Å². The number of nitrogens with zero attached hydrogens (tertiary/aromatic N) is 1. The standard InChI is InChI=1S/C11H15BrN2O2S/c1-14(5-7-2-10(12)17-6-7)11(16)9-3-8(15)4-13-9/h2,6,8-9,13,15H,3-5H2,1H3/t8-,9+/m0/s1. The van der Waals surface area contributed by atoms with Gasteiger partial charge < -0.3 is 15.3 Å². The van der Waals surface area contributed by atoms with Crippen molar-refractivity contribution in [3.8, 4) is 0 Å². The van der Waals surface area contributed by atoms with Crippen LogP contribution < -0.4 is 5.32 Å². The first-order chi connectivity index (χ1) is 8.06. The molecule has 1 aliphatic heterocycles. The van der Waals surface area contributed by atoms with E-state index < -0.39 is 6.10 Å². The van der Waals surface area contributed by atoms with Crippen LogP contribution in [0.5, 0.6) is 0 Å². The SMILES string of the molecule is CN(Cc1csc(Br)c1)C(=O)[C@H]1C[C@H](O)CN1. The predicted molar refractivity (Wildman–Crippen MR) is 70.9 cm³/mol. The minimum absolute atomic E-state index is 0.0453. The highest BCUT2D eigenvalue weighted by atomic mass is 79.9. The zero-order chi connectivity index (χ0) is 12.4. The summed E-state index contributed by atoms with van der Waals surface area (Å²) in [6.45, 7) is 1.11. The molecule has 0 saturated carbocycles. The lowest BCUT2D eigenvalue weighted by Gasteiger charge is -2.20. The predicted octanol–water partition coefficient (Wildman–Crippen LogP) is 1.19. The van der Waals surface area contributed by atoms with Crippen LogP contribution >= 0.6 is 27.3 Å². The van der Waals surface area contributed by atoms with Crippen molar-refractivity contribution in [3.05, 3.63) is 20.8 Å². The van der Waals surface area contributed by atoms with E-state index in [1.165, 1.54) is 0 Å². The molecule has 1 aliphatic rings. The molecule has 94 valence electrons. The number of carbonyl (C=O) groups excluding carboxylic acids is 1. The van der Waals surface area contributed by atoms with Gasteiger partial charge in [0.2, 0.25) is 5.91 Å². The summed E-state index contributed by atoms with van der Waals surface area (Å²) in [6, 6.07) is 1.78. The van der Waals surface area contributed by atoms with Gasteiger partial charge in [-0.25, -0.2) is 0 Å². The zero-order valence-corrected chi connectivity index (χ0v) is 11.9. The molecular formula is C11H15BrN2O2S. The van der Waals surface area contributed by atoms with Gasteiger partial charge in [-0.3, -0.25) is 4.79 Å². The molecular weight excluding hydrogens is 304 g/mol. The van der Waals surface area contributed by atoms with E-state index in [9.17, 15) is 9.90 Å². The van der Waals surface area contributed by atoms with Gasteiger partial charge in [-0.1, -0.05) is 0 Å². The van der Waals surface area contributed by atoms with Crippen molar-refractivity contribution in [2.75, 3.05) is 13.6 Å². The topological polar surface area (TPSA) is 52.6 Å². The highest BCUT2D eigenvalue weighted by Crippen LogP contribution is 2.22. The van der Waals surface area contributed by atoms with Crippen molar-refractivity contribution in [3.63, 3.8) is 0 Å². The van der Waals surface area contributed by atoms with E-state index in [0.29, 0.717) is 19.5 Å². The number of aliphatic hydroxyl groups is 1. The Labute approximate surface area is 113 Å². The maximum Gasteiger partial charge on any atom is 0.239 e. The number of thiophene rings is 1. The summed E-state index contributed by atoms with van der Waals surface area (Å²) in [5, 5.41) is 14.4. The number of β-amino-alcohol motifs (C(OH)–C–C–N with tert-alkyl or cyclic N) is 1. The van der Waals surface area contributed by atoms with E-state index in [0.717, 1.165) is 9.35 Å². The Bertz CT molecular complexity index is 410. The molecule has 2 atom stereocenters. The van der Waals surface area contributed by atoms with Crippen molar-refractivity contribution in [2.45, 2.75) is 25.1 Å². The minimum atomic E-state index is -0.396. The monoisotopic (exact) mass is 318 g/mol. The van der Waals surface area contributed by atoms with E-state index in [-0.39, 0.29) is 11.9 Å². The number of hydrogen-bond donors (Lipinski definition) is 2. The third-order valence-corrected chi connectivity index (χ3v) is 4.38. The number of rotatable bonds is 3. The molecule has 1 amide bonds. The molecule has 0 radical (unpaired) electrons. The summed E-state index contributed by atoms with van der Waals surface area (Å²) < 4.78 is 1.07. The molecule has 2 heterocycles. The van der Waals surface area contributed by atoms with Crippen LogP contribution in [0.4, 0.5) is 0 Å². The number of hydrogen-bond acceptors (Lipinski definition) is 4. The highest BCUT2D eigenvalue weighted by Gasteiger charge is 2.29. The van der Waals surface area contributed by atoms with Gasteiger partial charge in [0, 0.05) is 20.1 Å². The van der Waals surface area contributed by atoms with Gasteiger partial charge in [0.1, 0.15) is 0 Å². The van der Waals surface area contributed by atoms with Crippen LogP contribution in [0.15, 0.2) is 15.2 Å². The Morgan fingerprint density at radius 1 is 1.76 bits per heavy atom. The van der Waals surface area contributed by atoms with Gasteiger partial charge in [0.25, 0.3) is 0 Å². The molecule has 6 heteroatoms. The summed E-state index contributed by atoms with van der Waals surface area (Å²) in [5.41, 5.74) is 1.12. The fourth-order valence-electron chi connectivity index (χ4n) is 1.95. The van der Waals surface area contributed by atoms with Gasteiger partial charge in [-0.15, -0.1) is 11.3 Å². The molecule has 1 fully saturated rings. The molecule has 2 N–H and O–H groups in total. The Hall–Kier alpha value is -0.430. The van der Waals surface area contributed by atoms with Crippen LogP contribution in [0, 0.1) is 0 Å². The number of likely N-dealkylation sites (N-methyl/N-ethyl adjacent to an activating group) is 1. The summed E-state index contributed by atoms with van der Waals surface area (Å²) in [6.07, 6.45) is 0.115. The van der Waals surface area contributed by atoms with E-state index in [1.54, 1.807) is 23.3 Å². The summed E-state index contributed by atoms with van der Waals surface area (Å²) in [7, 11) is 1.79. The molecule has 1 aromatic rings. The lowest BCUT2D eigenvalue weighted by Crippen LogP contribution is -2.41. The third kappa shape index (κ3) is 3.28. The molecule has 0 spiro atoms.